The van der Waals surface area contributed by atoms with E-state index in [0.29, 0.717) is 17.2 Å². The first-order valence-electron chi connectivity index (χ1n) is 5.73. The van der Waals surface area contributed by atoms with Gasteiger partial charge in [0.05, 0.1) is 27.9 Å². The molecule has 0 aliphatic rings. The Bertz CT molecular complexity index is 537. The van der Waals surface area contributed by atoms with E-state index in [-0.39, 0.29) is 6.61 Å². The van der Waals surface area contributed by atoms with Crippen molar-refractivity contribution in [2.75, 3.05) is 21.3 Å². The van der Waals surface area contributed by atoms with Crippen LogP contribution in [0.3, 0.4) is 0 Å². The molecule has 0 aliphatic heterocycles. The van der Waals surface area contributed by atoms with Crippen LogP contribution in [0.4, 0.5) is 0 Å². The highest BCUT2D eigenvalue weighted by Gasteiger charge is 2.14. The molecule has 0 fully saturated rings. The predicted octanol–water partition coefficient (Wildman–Crippen LogP) is 2.93. The molecule has 0 saturated carbocycles. The van der Waals surface area contributed by atoms with Gasteiger partial charge in [0.15, 0.2) is 11.5 Å². The second kappa shape index (κ2) is 5.95. The van der Waals surface area contributed by atoms with Crippen molar-refractivity contribution in [2.24, 2.45) is 0 Å². The SMILES string of the molecule is COc1cc(-c2ccc(CO)s2)cc(OC)c1OC. The summed E-state index contributed by atoms with van der Waals surface area (Å²) in [5.74, 6) is 1.82. The second-order valence-corrected chi connectivity index (χ2v) is 5.01. The monoisotopic (exact) mass is 280 g/mol. The molecule has 1 N–H and O–H groups in total. The van der Waals surface area contributed by atoms with Crippen LogP contribution in [0.25, 0.3) is 10.4 Å². The molecule has 0 atom stereocenters. The lowest BCUT2D eigenvalue weighted by Gasteiger charge is -2.13. The van der Waals surface area contributed by atoms with Gasteiger partial charge in [0.1, 0.15) is 0 Å². The molecule has 4 nitrogen and oxygen atoms in total. The summed E-state index contributed by atoms with van der Waals surface area (Å²) in [6.07, 6.45) is 0. The van der Waals surface area contributed by atoms with E-state index in [0.717, 1.165) is 15.3 Å². The molecule has 5 heteroatoms. The number of benzene rings is 1. The molecule has 0 saturated heterocycles. The highest BCUT2D eigenvalue weighted by Crippen LogP contribution is 2.42. The summed E-state index contributed by atoms with van der Waals surface area (Å²) in [5.41, 5.74) is 0.971. The Labute approximate surface area is 116 Å². The first-order chi connectivity index (χ1) is 9.23. The van der Waals surface area contributed by atoms with Gasteiger partial charge in [-0.15, -0.1) is 11.3 Å². The maximum absolute atomic E-state index is 9.12. The molecular formula is C14H16O4S. The molecule has 0 bridgehead atoms. The van der Waals surface area contributed by atoms with Gasteiger partial charge < -0.3 is 19.3 Å². The van der Waals surface area contributed by atoms with Gasteiger partial charge in [-0.25, -0.2) is 0 Å². The lowest BCUT2D eigenvalue weighted by molar-refractivity contribution is 0.285. The van der Waals surface area contributed by atoms with E-state index >= 15 is 0 Å². The minimum Gasteiger partial charge on any atom is -0.493 e. The normalized spacial score (nSPS) is 10.3. The third-order valence-electron chi connectivity index (χ3n) is 2.77. The summed E-state index contributed by atoms with van der Waals surface area (Å²) in [6, 6.07) is 7.67. The Balaban J connectivity index is 2.51. The predicted molar refractivity (Wildman–Crippen MR) is 75.3 cm³/mol. The molecule has 1 aromatic carbocycles. The zero-order chi connectivity index (χ0) is 13.8. The maximum atomic E-state index is 9.12. The summed E-state index contributed by atoms with van der Waals surface area (Å²) in [7, 11) is 4.76. The van der Waals surface area contributed by atoms with Gasteiger partial charge in [-0.2, -0.15) is 0 Å². The number of hydrogen-bond acceptors (Lipinski definition) is 5. The van der Waals surface area contributed by atoms with E-state index in [4.69, 9.17) is 19.3 Å². The summed E-state index contributed by atoms with van der Waals surface area (Å²) in [4.78, 5) is 1.96. The van der Waals surface area contributed by atoms with Crippen molar-refractivity contribution >= 4 is 11.3 Å². The lowest BCUT2D eigenvalue weighted by atomic mass is 10.1. The molecule has 0 unspecified atom stereocenters. The van der Waals surface area contributed by atoms with Crippen LogP contribution in [-0.2, 0) is 6.61 Å². The topological polar surface area (TPSA) is 47.9 Å². The van der Waals surface area contributed by atoms with Crippen molar-refractivity contribution in [2.45, 2.75) is 6.61 Å². The zero-order valence-electron chi connectivity index (χ0n) is 11.1. The number of rotatable bonds is 5. The molecule has 0 aliphatic carbocycles. The minimum atomic E-state index is 0.0507. The van der Waals surface area contributed by atoms with Gasteiger partial charge in [-0.1, -0.05) is 0 Å². The average Bonchev–Trinajstić information content (AvgIpc) is 2.94. The fourth-order valence-corrected chi connectivity index (χ4v) is 2.70. The van der Waals surface area contributed by atoms with Crippen molar-refractivity contribution in [1.29, 1.82) is 0 Å². The largest absolute Gasteiger partial charge is 0.493 e. The first kappa shape index (κ1) is 13.7. The number of methoxy groups -OCH3 is 3. The van der Waals surface area contributed by atoms with Gasteiger partial charge >= 0.3 is 0 Å². The molecule has 2 rings (SSSR count). The van der Waals surface area contributed by atoms with Gasteiger partial charge in [0.2, 0.25) is 5.75 Å². The molecule has 1 heterocycles. The molecular weight excluding hydrogens is 264 g/mol. The number of aliphatic hydroxyl groups is 1. The van der Waals surface area contributed by atoms with E-state index in [1.165, 1.54) is 11.3 Å². The lowest BCUT2D eigenvalue weighted by Crippen LogP contribution is -1.95. The summed E-state index contributed by atoms with van der Waals surface area (Å²) >= 11 is 1.54. The first-order valence-corrected chi connectivity index (χ1v) is 6.55. The van der Waals surface area contributed by atoms with Crippen molar-refractivity contribution in [3.05, 3.63) is 29.1 Å². The van der Waals surface area contributed by atoms with Gasteiger partial charge in [-0.05, 0) is 29.8 Å². The van der Waals surface area contributed by atoms with E-state index < -0.39 is 0 Å². The van der Waals surface area contributed by atoms with Gasteiger partial charge in [-0.3, -0.25) is 0 Å². The zero-order valence-corrected chi connectivity index (χ0v) is 11.9. The third-order valence-corrected chi connectivity index (χ3v) is 3.89. The molecule has 2 aromatic rings. The van der Waals surface area contributed by atoms with E-state index in [1.807, 2.05) is 24.3 Å². The number of thiophene rings is 1. The minimum absolute atomic E-state index is 0.0507. The van der Waals surface area contributed by atoms with Crippen LogP contribution in [0.1, 0.15) is 4.88 Å². The van der Waals surface area contributed by atoms with Gasteiger partial charge in [0, 0.05) is 9.75 Å². The Morgan fingerprint density at radius 1 is 1.00 bits per heavy atom. The van der Waals surface area contributed by atoms with Crippen LogP contribution in [0.2, 0.25) is 0 Å². The average molecular weight is 280 g/mol. The molecule has 0 spiro atoms. The van der Waals surface area contributed by atoms with Crippen LogP contribution in [0.15, 0.2) is 24.3 Å². The van der Waals surface area contributed by atoms with E-state index in [2.05, 4.69) is 0 Å². The molecule has 0 radical (unpaired) electrons. The summed E-state index contributed by atoms with van der Waals surface area (Å²) < 4.78 is 15.9. The maximum Gasteiger partial charge on any atom is 0.203 e. The smallest absolute Gasteiger partial charge is 0.203 e. The van der Waals surface area contributed by atoms with Crippen molar-refractivity contribution in [3.8, 4) is 27.7 Å². The summed E-state index contributed by atoms with van der Waals surface area (Å²) in [6.45, 7) is 0.0507. The molecule has 19 heavy (non-hydrogen) atoms. The Hall–Kier alpha value is -1.72. The fourth-order valence-electron chi connectivity index (χ4n) is 1.84. The van der Waals surface area contributed by atoms with Crippen molar-refractivity contribution < 1.29 is 19.3 Å². The standard InChI is InChI=1S/C14H16O4S/c1-16-11-6-9(7-12(17-2)14(11)18-3)13-5-4-10(8-15)19-13/h4-7,15H,8H2,1-3H3. The van der Waals surface area contributed by atoms with Crippen LogP contribution in [-0.4, -0.2) is 26.4 Å². The number of aliphatic hydroxyl groups excluding tert-OH is 1. The van der Waals surface area contributed by atoms with Crippen LogP contribution in [0.5, 0.6) is 17.2 Å². The second-order valence-electron chi connectivity index (χ2n) is 3.84. The quantitative estimate of drug-likeness (QED) is 0.914. The molecule has 102 valence electrons. The number of hydrogen-bond donors (Lipinski definition) is 1. The highest BCUT2D eigenvalue weighted by molar-refractivity contribution is 7.15. The fraction of sp³-hybridized carbons (Fsp3) is 0.286. The number of ether oxygens (including phenoxy) is 3. The van der Waals surface area contributed by atoms with Crippen LogP contribution in [0, 0.1) is 0 Å². The van der Waals surface area contributed by atoms with E-state index in [9.17, 15) is 0 Å². The van der Waals surface area contributed by atoms with E-state index in [1.54, 1.807) is 21.3 Å². The summed E-state index contributed by atoms with van der Waals surface area (Å²) in [5, 5.41) is 9.12. The Kier molecular flexibility index (Phi) is 4.29. The third kappa shape index (κ3) is 2.67. The molecule has 1 aromatic heterocycles. The van der Waals surface area contributed by atoms with Crippen molar-refractivity contribution in [3.63, 3.8) is 0 Å². The highest BCUT2D eigenvalue weighted by atomic mass is 32.1. The van der Waals surface area contributed by atoms with Crippen molar-refractivity contribution in [1.82, 2.24) is 0 Å². The van der Waals surface area contributed by atoms with Crippen LogP contribution < -0.4 is 14.2 Å². The Morgan fingerprint density at radius 2 is 1.63 bits per heavy atom. The van der Waals surface area contributed by atoms with Gasteiger partial charge in [0.25, 0.3) is 0 Å². The Morgan fingerprint density at radius 3 is 2.05 bits per heavy atom. The molecule has 0 amide bonds. The van der Waals surface area contributed by atoms with Crippen LogP contribution >= 0.6 is 11.3 Å².